The summed E-state index contributed by atoms with van der Waals surface area (Å²) in [5.74, 6) is 2.18. The van der Waals surface area contributed by atoms with Crippen molar-refractivity contribution in [2.24, 2.45) is 7.05 Å². The van der Waals surface area contributed by atoms with Crippen LogP contribution in [0.4, 0.5) is 5.82 Å². The van der Waals surface area contributed by atoms with Gasteiger partial charge >= 0.3 is 0 Å². The Morgan fingerprint density at radius 2 is 2.19 bits per heavy atom. The summed E-state index contributed by atoms with van der Waals surface area (Å²) in [4.78, 5) is 12.0. The molecule has 10 heteroatoms. The first-order valence-electron chi connectivity index (χ1n) is 7.64. The fraction of sp³-hybridized carbons (Fsp3) is 0.250. The third-order valence-corrected chi connectivity index (χ3v) is 4.68. The summed E-state index contributed by atoms with van der Waals surface area (Å²) in [6.07, 6.45) is 0. The minimum Gasteiger partial charge on any atom is -0.484 e. The summed E-state index contributed by atoms with van der Waals surface area (Å²) in [5.41, 5.74) is 0. The van der Waals surface area contributed by atoms with Gasteiger partial charge in [0.1, 0.15) is 18.1 Å². The molecular formula is C16H16ClN5O3S. The van der Waals surface area contributed by atoms with Crippen molar-refractivity contribution in [1.29, 1.82) is 0 Å². The third-order valence-electron chi connectivity index (χ3n) is 3.35. The summed E-state index contributed by atoms with van der Waals surface area (Å²) in [5, 5.41) is 15.7. The topological polar surface area (TPSA) is 95.1 Å². The van der Waals surface area contributed by atoms with Crippen molar-refractivity contribution in [3.05, 3.63) is 46.9 Å². The van der Waals surface area contributed by atoms with Gasteiger partial charge in [-0.15, -0.1) is 10.2 Å². The Labute approximate surface area is 158 Å². The Morgan fingerprint density at radius 3 is 2.92 bits per heavy atom. The summed E-state index contributed by atoms with van der Waals surface area (Å²) < 4.78 is 12.3. The van der Waals surface area contributed by atoms with Crippen LogP contribution in [0.2, 0.25) is 5.02 Å². The maximum atomic E-state index is 12.0. The monoisotopic (exact) mass is 393 g/mol. The van der Waals surface area contributed by atoms with Gasteiger partial charge in [0.05, 0.1) is 10.8 Å². The molecule has 1 amide bonds. The zero-order valence-electron chi connectivity index (χ0n) is 14.1. The average molecular weight is 394 g/mol. The lowest BCUT2D eigenvalue weighted by molar-refractivity contribution is -0.113. The Hall–Kier alpha value is -2.52. The number of carbonyl (C=O) groups excluding carboxylic acids is 1. The standard InChI is InChI=1S/C16H16ClN5O3S/c1-10-7-13(21-25-10)18-15(23)9-26-16-20-19-14(22(16)2)8-24-12-6-4-3-5-11(12)17/h3-7H,8-9H2,1-2H3,(H,18,21,23). The van der Waals surface area contributed by atoms with Crippen LogP contribution in [0.15, 0.2) is 40.0 Å². The van der Waals surface area contributed by atoms with E-state index in [-0.39, 0.29) is 18.3 Å². The molecule has 0 aliphatic carbocycles. The second-order valence-corrected chi connectivity index (χ2v) is 6.69. The molecule has 0 aliphatic rings. The van der Waals surface area contributed by atoms with Crippen LogP contribution in [-0.4, -0.2) is 31.6 Å². The number of nitrogens with one attached hydrogen (secondary N) is 1. The number of para-hydroxylation sites is 1. The lowest BCUT2D eigenvalue weighted by Gasteiger charge is -2.07. The van der Waals surface area contributed by atoms with E-state index >= 15 is 0 Å². The second-order valence-electron chi connectivity index (χ2n) is 5.34. The van der Waals surface area contributed by atoms with Crippen molar-refractivity contribution >= 4 is 35.1 Å². The minimum absolute atomic E-state index is 0.170. The number of amides is 1. The molecule has 0 aliphatic heterocycles. The van der Waals surface area contributed by atoms with E-state index in [0.717, 1.165) is 0 Å². The number of aryl methyl sites for hydroxylation is 1. The average Bonchev–Trinajstić information content (AvgIpc) is 3.18. The van der Waals surface area contributed by atoms with Crippen molar-refractivity contribution < 1.29 is 14.1 Å². The summed E-state index contributed by atoms with van der Waals surface area (Å²) in [7, 11) is 1.81. The zero-order chi connectivity index (χ0) is 18.5. The SMILES string of the molecule is Cc1cc(NC(=O)CSc2nnc(COc3ccccc3Cl)n2C)no1. The van der Waals surface area contributed by atoms with Gasteiger partial charge in [-0.25, -0.2) is 0 Å². The smallest absolute Gasteiger partial charge is 0.236 e. The highest BCUT2D eigenvalue weighted by Crippen LogP contribution is 2.24. The molecule has 1 aromatic carbocycles. The van der Waals surface area contributed by atoms with Gasteiger partial charge in [-0.1, -0.05) is 40.7 Å². The summed E-state index contributed by atoms with van der Waals surface area (Å²) >= 11 is 7.32. The largest absolute Gasteiger partial charge is 0.484 e. The number of hydrogen-bond acceptors (Lipinski definition) is 7. The van der Waals surface area contributed by atoms with Crippen LogP contribution in [0.25, 0.3) is 0 Å². The number of halogens is 1. The highest BCUT2D eigenvalue weighted by Gasteiger charge is 2.13. The van der Waals surface area contributed by atoms with Crippen LogP contribution >= 0.6 is 23.4 Å². The van der Waals surface area contributed by atoms with Crippen molar-refractivity contribution in [3.63, 3.8) is 0 Å². The number of benzene rings is 1. The van der Waals surface area contributed by atoms with Gasteiger partial charge in [0, 0.05) is 13.1 Å². The molecule has 26 heavy (non-hydrogen) atoms. The number of thioether (sulfide) groups is 1. The highest BCUT2D eigenvalue weighted by molar-refractivity contribution is 7.99. The summed E-state index contributed by atoms with van der Waals surface area (Å²) in [6.45, 7) is 1.97. The molecule has 8 nitrogen and oxygen atoms in total. The number of rotatable bonds is 7. The van der Waals surface area contributed by atoms with E-state index in [9.17, 15) is 4.79 Å². The fourth-order valence-corrected chi connectivity index (χ4v) is 2.96. The van der Waals surface area contributed by atoms with Gasteiger partial charge in [0.25, 0.3) is 0 Å². The van der Waals surface area contributed by atoms with Gasteiger partial charge in [-0.2, -0.15) is 0 Å². The molecule has 3 aromatic rings. The number of ether oxygens (including phenoxy) is 1. The van der Waals surface area contributed by atoms with E-state index in [1.807, 2.05) is 19.2 Å². The second kappa shape index (κ2) is 8.24. The predicted octanol–water partition coefficient (Wildman–Crippen LogP) is 3.07. The molecule has 3 rings (SSSR count). The van der Waals surface area contributed by atoms with Gasteiger partial charge in [-0.3, -0.25) is 4.79 Å². The number of nitrogens with zero attached hydrogens (tertiary/aromatic N) is 4. The third kappa shape index (κ3) is 4.55. The van der Waals surface area contributed by atoms with Gasteiger partial charge in [0.2, 0.25) is 5.91 Å². The molecule has 2 heterocycles. The van der Waals surface area contributed by atoms with Crippen molar-refractivity contribution in [1.82, 2.24) is 19.9 Å². The minimum atomic E-state index is -0.208. The van der Waals surface area contributed by atoms with Crippen LogP contribution in [0, 0.1) is 6.92 Å². The number of carbonyl (C=O) groups is 1. The quantitative estimate of drug-likeness (QED) is 0.616. The molecule has 0 radical (unpaired) electrons. The summed E-state index contributed by atoms with van der Waals surface area (Å²) in [6, 6.07) is 8.86. The molecule has 136 valence electrons. The van der Waals surface area contributed by atoms with E-state index in [4.69, 9.17) is 20.9 Å². The Morgan fingerprint density at radius 1 is 1.38 bits per heavy atom. The van der Waals surface area contributed by atoms with Crippen LogP contribution in [0.3, 0.4) is 0 Å². The van der Waals surface area contributed by atoms with Crippen molar-refractivity contribution in [2.75, 3.05) is 11.1 Å². The Bertz CT molecular complexity index is 911. The molecule has 0 fully saturated rings. The van der Waals surface area contributed by atoms with Gasteiger partial charge in [0.15, 0.2) is 16.8 Å². The Balaban J connectivity index is 1.53. The first-order valence-corrected chi connectivity index (χ1v) is 9.01. The maximum Gasteiger partial charge on any atom is 0.236 e. The van der Waals surface area contributed by atoms with Gasteiger partial charge < -0.3 is 19.1 Å². The zero-order valence-corrected chi connectivity index (χ0v) is 15.7. The van der Waals surface area contributed by atoms with Crippen LogP contribution < -0.4 is 10.1 Å². The van der Waals surface area contributed by atoms with Crippen molar-refractivity contribution in [2.45, 2.75) is 18.7 Å². The number of hydrogen-bond donors (Lipinski definition) is 1. The van der Waals surface area contributed by atoms with Crippen LogP contribution in [0.5, 0.6) is 5.75 Å². The maximum absolute atomic E-state index is 12.0. The lowest BCUT2D eigenvalue weighted by Crippen LogP contribution is -2.14. The highest BCUT2D eigenvalue weighted by atomic mass is 35.5. The first-order chi connectivity index (χ1) is 12.5. The molecule has 0 atom stereocenters. The number of aromatic nitrogens is 4. The van der Waals surface area contributed by atoms with E-state index in [0.29, 0.717) is 33.3 Å². The lowest BCUT2D eigenvalue weighted by atomic mass is 10.3. The van der Waals surface area contributed by atoms with E-state index < -0.39 is 0 Å². The molecule has 2 aromatic heterocycles. The predicted molar refractivity (Wildman–Crippen MR) is 97.4 cm³/mol. The van der Waals surface area contributed by atoms with Gasteiger partial charge in [-0.05, 0) is 19.1 Å². The first kappa shape index (κ1) is 18.3. The van der Waals surface area contributed by atoms with E-state index in [1.165, 1.54) is 11.8 Å². The molecule has 1 N–H and O–H groups in total. The fourth-order valence-electron chi connectivity index (χ4n) is 2.03. The molecule has 0 saturated carbocycles. The van der Waals surface area contributed by atoms with Crippen LogP contribution in [0.1, 0.15) is 11.6 Å². The van der Waals surface area contributed by atoms with Crippen LogP contribution in [-0.2, 0) is 18.4 Å². The molecular weight excluding hydrogens is 378 g/mol. The van der Waals surface area contributed by atoms with Crippen molar-refractivity contribution in [3.8, 4) is 5.75 Å². The normalized spacial score (nSPS) is 10.7. The number of anilines is 1. The Kier molecular flexibility index (Phi) is 5.79. The molecule has 0 spiro atoms. The van der Waals surface area contributed by atoms with E-state index in [2.05, 4.69) is 20.7 Å². The van der Waals surface area contributed by atoms with E-state index in [1.54, 1.807) is 29.7 Å². The molecule has 0 saturated heterocycles. The molecule has 0 unspecified atom stereocenters. The molecule has 0 bridgehead atoms.